The van der Waals surface area contributed by atoms with E-state index in [1.807, 2.05) is 6.07 Å². The molecule has 0 amide bonds. The largest absolute Gasteiger partial charge is 0.419 e. The summed E-state index contributed by atoms with van der Waals surface area (Å²) in [5.74, 6) is 0.276. The first-order valence-corrected chi connectivity index (χ1v) is 8.66. The van der Waals surface area contributed by atoms with Crippen LogP contribution in [-0.4, -0.2) is 42.3 Å². The van der Waals surface area contributed by atoms with Gasteiger partial charge in [0.05, 0.1) is 11.3 Å². The van der Waals surface area contributed by atoms with Gasteiger partial charge in [-0.25, -0.2) is 4.98 Å². The number of aromatic amines is 1. The Morgan fingerprint density at radius 2 is 2.00 bits per heavy atom. The molecule has 0 radical (unpaired) electrons. The molecule has 136 valence electrons. The van der Waals surface area contributed by atoms with Gasteiger partial charge in [-0.2, -0.15) is 13.2 Å². The third-order valence-electron chi connectivity index (χ3n) is 5.05. The van der Waals surface area contributed by atoms with Crippen LogP contribution in [0.25, 0.3) is 11.0 Å². The van der Waals surface area contributed by atoms with Gasteiger partial charge in [0.15, 0.2) is 0 Å². The smallest absolute Gasteiger partial charge is 0.381 e. The zero-order valence-corrected chi connectivity index (χ0v) is 13.7. The lowest BCUT2D eigenvalue weighted by Gasteiger charge is -2.20. The Morgan fingerprint density at radius 3 is 2.68 bits per heavy atom. The van der Waals surface area contributed by atoms with Crippen LogP contribution >= 0.6 is 0 Å². The number of H-pyrrole nitrogens is 1. The van der Waals surface area contributed by atoms with Crippen molar-refractivity contribution < 1.29 is 17.9 Å². The molecule has 4 rings (SSSR count). The van der Waals surface area contributed by atoms with Crippen molar-refractivity contribution in [2.75, 3.05) is 31.6 Å². The van der Waals surface area contributed by atoms with Gasteiger partial charge in [-0.1, -0.05) is 0 Å². The number of alkyl halides is 3. The standard InChI is InChI=1S/C17H21F3N4O/c18-17(19,20)13-9-22-16-12(15(13)23-11-1-4-21-8-11)7-14(24-16)10-2-5-25-6-3-10/h7,9-11,21H,1-6,8H2,(H2,22,23,24). The van der Waals surface area contributed by atoms with Gasteiger partial charge in [-0.15, -0.1) is 0 Å². The number of halogens is 3. The van der Waals surface area contributed by atoms with Crippen LogP contribution in [0.3, 0.4) is 0 Å². The SMILES string of the molecule is FC(F)(F)c1cnc2[nH]c(C3CCOCC3)cc2c1NC1CCNC1. The molecule has 1 unspecified atom stereocenters. The van der Waals surface area contributed by atoms with E-state index in [0.29, 0.717) is 30.8 Å². The van der Waals surface area contributed by atoms with E-state index < -0.39 is 11.7 Å². The Bertz CT molecular complexity index is 746. The Hall–Kier alpha value is -1.80. The van der Waals surface area contributed by atoms with E-state index in [0.717, 1.165) is 37.7 Å². The number of anilines is 1. The normalized spacial score (nSPS) is 22.6. The van der Waals surface area contributed by atoms with Gasteiger partial charge < -0.3 is 20.4 Å². The average Bonchev–Trinajstić information content (AvgIpc) is 3.24. The van der Waals surface area contributed by atoms with E-state index >= 15 is 0 Å². The van der Waals surface area contributed by atoms with Crippen molar-refractivity contribution in [1.82, 2.24) is 15.3 Å². The van der Waals surface area contributed by atoms with Gasteiger partial charge in [0.1, 0.15) is 5.65 Å². The molecule has 25 heavy (non-hydrogen) atoms. The van der Waals surface area contributed by atoms with Crippen LogP contribution in [0, 0.1) is 0 Å². The summed E-state index contributed by atoms with van der Waals surface area (Å²) in [4.78, 5) is 7.26. The van der Waals surface area contributed by atoms with E-state index in [1.54, 1.807) is 0 Å². The number of pyridine rings is 1. The Morgan fingerprint density at radius 1 is 1.20 bits per heavy atom. The minimum Gasteiger partial charge on any atom is -0.381 e. The molecule has 2 aliphatic rings. The quantitative estimate of drug-likeness (QED) is 0.792. The summed E-state index contributed by atoms with van der Waals surface area (Å²) < 4.78 is 45.8. The zero-order valence-electron chi connectivity index (χ0n) is 13.7. The van der Waals surface area contributed by atoms with Crippen LogP contribution in [0.1, 0.15) is 36.4 Å². The molecular weight excluding hydrogens is 333 g/mol. The Balaban J connectivity index is 1.76. The summed E-state index contributed by atoms with van der Waals surface area (Å²) in [6.07, 6.45) is -0.968. The maximum atomic E-state index is 13.5. The van der Waals surface area contributed by atoms with Crippen LogP contribution in [0.15, 0.2) is 12.3 Å². The van der Waals surface area contributed by atoms with Gasteiger partial charge in [-0.3, -0.25) is 0 Å². The molecule has 0 bridgehead atoms. The molecule has 2 fully saturated rings. The second kappa shape index (κ2) is 6.49. The number of hydrogen-bond acceptors (Lipinski definition) is 4. The van der Waals surface area contributed by atoms with E-state index in [9.17, 15) is 13.2 Å². The first-order valence-electron chi connectivity index (χ1n) is 8.66. The molecule has 2 aromatic heterocycles. The lowest BCUT2D eigenvalue weighted by Crippen LogP contribution is -2.24. The summed E-state index contributed by atoms with van der Waals surface area (Å²) in [5, 5.41) is 6.80. The fourth-order valence-electron chi connectivity index (χ4n) is 3.68. The highest BCUT2D eigenvalue weighted by atomic mass is 19.4. The number of rotatable bonds is 3. The third-order valence-corrected chi connectivity index (χ3v) is 5.05. The van der Waals surface area contributed by atoms with Gasteiger partial charge in [0.2, 0.25) is 0 Å². The van der Waals surface area contributed by atoms with E-state index in [-0.39, 0.29) is 17.6 Å². The van der Waals surface area contributed by atoms with Crippen molar-refractivity contribution in [3.63, 3.8) is 0 Å². The lowest BCUT2D eigenvalue weighted by atomic mass is 9.96. The van der Waals surface area contributed by atoms with Crippen LogP contribution in [0.5, 0.6) is 0 Å². The summed E-state index contributed by atoms with van der Waals surface area (Å²) in [5.41, 5.74) is 0.880. The van der Waals surface area contributed by atoms with E-state index in [1.165, 1.54) is 0 Å². The lowest BCUT2D eigenvalue weighted by molar-refractivity contribution is -0.137. The molecule has 0 saturated carbocycles. The monoisotopic (exact) mass is 354 g/mol. The molecule has 8 heteroatoms. The molecule has 2 aromatic rings. The molecule has 0 aliphatic carbocycles. The van der Waals surface area contributed by atoms with Crippen molar-refractivity contribution in [3.8, 4) is 0 Å². The van der Waals surface area contributed by atoms with Gasteiger partial charge in [0.25, 0.3) is 0 Å². The first-order chi connectivity index (χ1) is 12.0. The van der Waals surface area contributed by atoms with Crippen molar-refractivity contribution in [1.29, 1.82) is 0 Å². The van der Waals surface area contributed by atoms with Crippen molar-refractivity contribution in [3.05, 3.63) is 23.5 Å². The van der Waals surface area contributed by atoms with Gasteiger partial charge in [0, 0.05) is 49.0 Å². The minimum atomic E-state index is -4.44. The van der Waals surface area contributed by atoms with Gasteiger partial charge >= 0.3 is 6.18 Å². The number of aromatic nitrogens is 2. The Kier molecular flexibility index (Phi) is 4.33. The fourth-order valence-corrected chi connectivity index (χ4v) is 3.68. The van der Waals surface area contributed by atoms with Crippen LogP contribution in [0.2, 0.25) is 0 Å². The summed E-state index contributed by atoms with van der Waals surface area (Å²) in [7, 11) is 0. The number of ether oxygens (including phenoxy) is 1. The highest BCUT2D eigenvalue weighted by Crippen LogP contribution is 2.40. The van der Waals surface area contributed by atoms with Crippen molar-refractivity contribution in [2.45, 2.75) is 37.4 Å². The summed E-state index contributed by atoms with van der Waals surface area (Å²) >= 11 is 0. The van der Waals surface area contributed by atoms with Crippen molar-refractivity contribution in [2.24, 2.45) is 0 Å². The molecule has 2 aliphatic heterocycles. The minimum absolute atomic E-state index is 0.00636. The van der Waals surface area contributed by atoms with E-state index in [4.69, 9.17) is 4.74 Å². The molecule has 4 heterocycles. The molecule has 3 N–H and O–H groups in total. The molecule has 0 aromatic carbocycles. The average molecular weight is 354 g/mol. The maximum Gasteiger partial charge on any atom is 0.419 e. The summed E-state index contributed by atoms with van der Waals surface area (Å²) in [6, 6.07) is 1.83. The number of nitrogens with zero attached hydrogens (tertiary/aromatic N) is 1. The van der Waals surface area contributed by atoms with Crippen molar-refractivity contribution >= 4 is 16.7 Å². The van der Waals surface area contributed by atoms with Crippen LogP contribution in [-0.2, 0) is 10.9 Å². The van der Waals surface area contributed by atoms with Gasteiger partial charge in [-0.05, 0) is 31.9 Å². The topological polar surface area (TPSA) is 62.0 Å². The number of fused-ring (bicyclic) bond motifs is 1. The number of nitrogens with one attached hydrogen (secondary N) is 3. The summed E-state index contributed by atoms with van der Waals surface area (Å²) in [6.45, 7) is 2.84. The molecule has 2 saturated heterocycles. The highest BCUT2D eigenvalue weighted by Gasteiger charge is 2.36. The van der Waals surface area contributed by atoms with Crippen LogP contribution < -0.4 is 10.6 Å². The third kappa shape index (κ3) is 3.32. The molecule has 5 nitrogen and oxygen atoms in total. The number of hydrogen-bond donors (Lipinski definition) is 3. The Labute approximate surface area is 143 Å². The molecule has 1 atom stereocenters. The predicted molar refractivity (Wildman–Crippen MR) is 88.8 cm³/mol. The predicted octanol–water partition coefficient (Wildman–Crippen LogP) is 3.25. The first kappa shape index (κ1) is 16.7. The highest BCUT2D eigenvalue weighted by molar-refractivity contribution is 5.92. The zero-order chi connectivity index (χ0) is 17.4. The molecule has 0 spiro atoms. The second-order valence-electron chi connectivity index (χ2n) is 6.75. The van der Waals surface area contributed by atoms with Crippen LogP contribution in [0.4, 0.5) is 18.9 Å². The van der Waals surface area contributed by atoms with E-state index in [2.05, 4.69) is 20.6 Å². The maximum absolute atomic E-state index is 13.5. The second-order valence-corrected chi connectivity index (χ2v) is 6.75. The molecular formula is C17H21F3N4O. The fraction of sp³-hybridized carbons (Fsp3) is 0.588.